The van der Waals surface area contributed by atoms with Crippen LogP contribution in [0, 0.1) is 19.8 Å². The van der Waals surface area contributed by atoms with Gasteiger partial charge in [0.2, 0.25) is 17.8 Å². The molecule has 2 aromatic rings. The van der Waals surface area contributed by atoms with Gasteiger partial charge in [0.15, 0.2) is 0 Å². The topological polar surface area (TPSA) is 107 Å². The number of hydrogen-bond acceptors (Lipinski definition) is 5. The number of nitrogens with zero attached hydrogens (tertiary/aromatic N) is 2. The molecular formula is C22H27N5O3. The lowest BCUT2D eigenvalue weighted by Gasteiger charge is -2.32. The van der Waals surface area contributed by atoms with E-state index in [0.29, 0.717) is 17.6 Å². The number of fused-ring (bicyclic) bond motifs is 1. The van der Waals surface area contributed by atoms with Gasteiger partial charge in [-0.3, -0.25) is 19.4 Å². The summed E-state index contributed by atoms with van der Waals surface area (Å²) in [5.41, 5.74) is 2.44. The Bertz CT molecular complexity index is 1060. The molecule has 8 heteroatoms. The Labute approximate surface area is 175 Å². The third kappa shape index (κ3) is 3.94. The van der Waals surface area contributed by atoms with Crippen LogP contribution in [-0.4, -0.2) is 34.9 Å². The molecule has 0 aliphatic carbocycles. The van der Waals surface area contributed by atoms with Gasteiger partial charge in [0.05, 0.1) is 11.5 Å². The Morgan fingerprint density at radius 2 is 2.07 bits per heavy atom. The molecule has 3 N–H and O–H groups in total. The molecule has 158 valence electrons. The summed E-state index contributed by atoms with van der Waals surface area (Å²) in [4.78, 5) is 47.7. The number of piperidine rings is 1. The van der Waals surface area contributed by atoms with Crippen LogP contribution in [0.5, 0.6) is 0 Å². The van der Waals surface area contributed by atoms with Crippen LogP contribution in [-0.2, 0) is 9.59 Å². The van der Waals surface area contributed by atoms with E-state index < -0.39 is 5.92 Å². The van der Waals surface area contributed by atoms with E-state index in [1.54, 1.807) is 0 Å². The maximum Gasteiger partial charge on any atom is 0.258 e. The molecule has 0 spiro atoms. The van der Waals surface area contributed by atoms with Gasteiger partial charge in [0, 0.05) is 25.2 Å². The summed E-state index contributed by atoms with van der Waals surface area (Å²) in [6.07, 6.45) is 2.08. The normalized spacial score (nSPS) is 21.0. The Morgan fingerprint density at radius 3 is 2.83 bits per heavy atom. The number of carbonyl (C=O) groups is 2. The van der Waals surface area contributed by atoms with Crippen LogP contribution in [0.2, 0.25) is 0 Å². The monoisotopic (exact) mass is 409 g/mol. The van der Waals surface area contributed by atoms with E-state index in [4.69, 9.17) is 0 Å². The second kappa shape index (κ2) is 7.93. The number of anilines is 3. The molecule has 1 fully saturated rings. The first-order valence-electron chi connectivity index (χ1n) is 10.4. The first-order chi connectivity index (χ1) is 14.3. The molecule has 2 aliphatic rings. The van der Waals surface area contributed by atoms with E-state index in [1.165, 1.54) is 0 Å². The summed E-state index contributed by atoms with van der Waals surface area (Å²) in [5.74, 6) is -0.457. The zero-order valence-electron chi connectivity index (χ0n) is 17.5. The molecule has 0 bridgehead atoms. The molecule has 2 atom stereocenters. The highest BCUT2D eigenvalue weighted by Crippen LogP contribution is 2.31. The van der Waals surface area contributed by atoms with Crippen molar-refractivity contribution in [1.29, 1.82) is 0 Å². The summed E-state index contributed by atoms with van der Waals surface area (Å²) in [6.45, 7) is 7.60. The molecule has 1 aromatic heterocycles. The van der Waals surface area contributed by atoms with Crippen molar-refractivity contribution in [2.75, 3.05) is 28.6 Å². The highest BCUT2D eigenvalue weighted by Gasteiger charge is 2.35. The second-order valence-corrected chi connectivity index (χ2v) is 8.46. The zero-order valence-corrected chi connectivity index (χ0v) is 17.5. The second-order valence-electron chi connectivity index (χ2n) is 8.46. The standard InChI is InChI=1S/C22H27N5O3/c1-12-6-7-14(3)16(9-12)23-20(29)15-10-17(28)24-19-18(15)21(30)26-22(25-19)27-8-4-5-13(2)11-27/h6-7,9,13,15H,4-5,8,10-11H2,1-3H3,(H,23,29)(H2,24,25,26,28,30). The van der Waals surface area contributed by atoms with E-state index in [1.807, 2.05) is 36.9 Å². The minimum atomic E-state index is -0.890. The van der Waals surface area contributed by atoms with Gasteiger partial charge >= 0.3 is 0 Å². The molecule has 1 aromatic carbocycles. The molecule has 0 radical (unpaired) electrons. The van der Waals surface area contributed by atoms with Crippen molar-refractivity contribution in [2.45, 2.75) is 46.0 Å². The number of H-pyrrole nitrogens is 1. The molecule has 2 aliphatic heterocycles. The number of hydrogen-bond donors (Lipinski definition) is 3. The Kier molecular flexibility index (Phi) is 5.32. The number of rotatable bonds is 3. The average Bonchev–Trinajstić information content (AvgIpc) is 2.69. The number of amides is 2. The van der Waals surface area contributed by atoms with Crippen LogP contribution >= 0.6 is 0 Å². The summed E-state index contributed by atoms with van der Waals surface area (Å²) >= 11 is 0. The van der Waals surface area contributed by atoms with E-state index in [2.05, 4.69) is 27.5 Å². The third-order valence-corrected chi connectivity index (χ3v) is 5.86. The molecule has 8 nitrogen and oxygen atoms in total. The summed E-state index contributed by atoms with van der Waals surface area (Å²) < 4.78 is 0. The van der Waals surface area contributed by atoms with Crippen LogP contribution in [0.15, 0.2) is 23.0 Å². The highest BCUT2D eigenvalue weighted by molar-refractivity contribution is 6.04. The molecule has 30 heavy (non-hydrogen) atoms. The molecule has 2 amide bonds. The Balaban J connectivity index is 1.66. The van der Waals surface area contributed by atoms with Gasteiger partial charge in [-0.25, -0.2) is 0 Å². The molecule has 0 saturated carbocycles. The van der Waals surface area contributed by atoms with E-state index in [9.17, 15) is 14.4 Å². The van der Waals surface area contributed by atoms with Crippen LogP contribution < -0.4 is 21.1 Å². The van der Waals surface area contributed by atoms with Crippen molar-refractivity contribution in [3.8, 4) is 0 Å². The number of aryl methyl sites for hydroxylation is 2. The summed E-state index contributed by atoms with van der Waals surface area (Å²) in [6, 6.07) is 5.76. The van der Waals surface area contributed by atoms with Crippen molar-refractivity contribution in [3.63, 3.8) is 0 Å². The quantitative estimate of drug-likeness (QED) is 0.723. The zero-order chi connectivity index (χ0) is 21.4. The van der Waals surface area contributed by atoms with Gasteiger partial charge in [0.1, 0.15) is 5.82 Å². The Morgan fingerprint density at radius 1 is 1.27 bits per heavy atom. The fourth-order valence-electron chi connectivity index (χ4n) is 4.21. The minimum Gasteiger partial charge on any atom is -0.342 e. The van der Waals surface area contributed by atoms with Gasteiger partial charge in [-0.05, 0) is 49.8 Å². The van der Waals surface area contributed by atoms with Gasteiger partial charge in [0.25, 0.3) is 5.56 Å². The third-order valence-electron chi connectivity index (χ3n) is 5.86. The first-order valence-corrected chi connectivity index (χ1v) is 10.4. The maximum absolute atomic E-state index is 13.0. The predicted molar refractivity (Wildman–Crippen MR) is 116 cm³/mol. The van der Waals surface area contributed by atoms with Crippen molar-refractivity contribution in [3.05, 3.63) is 45.2 Å². The van der Waals surface area contributed by atoms with Crippen molar-refractivity contribution >= 4 is 29.3 Å². The molecular weight excluding hydrogens is 382 g/mol. The Hall–Kier alpha value is -3.16. The fourth-order valence-corrected chi connectivity index (χ4v) is 4.21. The largest absolute Gasteiger partial charge is 0.342 e. The van der Waals surface area contributed by atoms with E-state index in [-0.39, 0.29) is 35.2 Å². The van der Waals surface area contributed by atoms with Gasteiger partial charge in [-0.2, -0.15) is 4.98 Å². The lowest BCUT2D eigenvalue weighted by molar-refractivity contribution is -0.123. The minimum absolute atomic E-state index is 0.0887. The van der Waals surface area contributed by atoms with Crippen molar-refractivity contribution in [1.82, 2.24) is 9.97 Å². The van der Waals surface area contributed by atoms with Gasteiger partial charge in [-0.1, -0.05) is 19.1 Å². The van der Waals surface area contributed by atoms with Gasteiger partial charge in [-0.15, -0.1) is 0 Å². The predicted octanol–water partition coefficient (Wildman–Crippen LogP) is 2.69. The number of aromatic nitrogens is 2. The smallest absolute Gasteiger partial charge is 0.258 e. The van der Waals surface area contributed by atoms with Crippen molar-refractivity contribution in [2.24, 2.45) is 5.92 Å². The summed E-state index contributed by atoms with van der Waals surface area (Å²) in [7, 11) is 0. The summed E-state index contributed by atoms with van der Waals surface area (Å²) in [5, 5.41) is 5.57. The molecule has 1 saturated heterocycles. The maximum atomic E-state index is 13.0. The number of aromatic amines is 1. The highest BCUT2D eigenvalue weighted by atomic mass is 16.2. The van der Waals surface area contributed by atoms with Crippen molar-refractivity contribution < 1.29 is 9.59 Å². The molecule has 2 unspecified atom stereocenters. The van der Waals surface area contributed by atoms with E-state index in [0.717, 1.165) is 37.1 Å². The number of nitrogens with one attached hydrogen (secondary N) is 3. The van der Waals surface area contributed by atoms with Crippen LogP contribution in [0.4, 0.5) is 17.5 Å². The number of carbonyl (C=O) groups excluding carboxylic acids is 2. The fraction of sp³-hybridized carbons (Fsp3) is 0.455. The van der Waals surface area contributed by atoms with Gasteiger partial charge < -0.3 is 15.5 Å². The number of benzene rings is 1. The first kappa shape index (κ1) is 20.1. The van der Waals surface area contributed by atoms with Crippen LogP contribution in [0.25, 0.3) is 0 Å². The van der Waals surface area contributed by atoms with Crippen LogP contribution in [0.1, 0.15) is 48.8 Å². The molecule has 4 rings (SSSR count). The van der Waals surface area contributed by atoms with E-state index >= 15 is 0 Å². The van der Waals surface area contributed by atoms with Crippen LogP contribution in [0.3, 0.4) is 0 Å². The lowest BCUT2D eigenvalue weighted by Crippen LogP contribution is -2.40. The molecule has 3 heterocycles. The average molecular weight is 409 g/mol. The SMILES string of the molecule is Cc1ccc(C)c(NC(=O)C2CC(=O)Nc3nc(N4CCCC(C)C4)[nH]c(=O)c32)c1. The lowest BCUT2D eigenvalue weighted by atomic mass is 9.92.